The van der Waals surface area contributed by atoms with Gasteiger partial charge in [0.1, 0.15) is 5.01 Å². The summed E-state index contributed by atoms with van der Waals surface area (Å²) in [6.07, 6.45) is 0. The van der Waals surface area contributed by atoms with Crippen LogP contribution >= 0.6 is 23.1 Å². The molecule has 1 fully saturated rings. The first kappa shape index (κ1) is 22.2. The van der Waals surface area contributed by atoms with Gasteiger partial charge in [-0.05, 0) is 43.4 Å². The van der Waals surface area contributed by atoms with E-state index >= 15 is 0 Å². The van der Waals surface area contributed by atoms with Gasteiger partial charge in [-0.1, -0.05) is 12.1 Å². The minimum absolute atomic E-state index is 0.124. The summed E-state index contributed by atoms with van der Waals surface area (Å²) in [6, 6.07) is 14.4. The van der Waals surface area contributed by atoms with Gasteiger partial charge in [0.2, 0.25) is 15.9 Å². The predicted octanol–water partition coefficient (Wildman–Crippen LogP) is 3.10. The van der Waals surface area contributed by atoms with Crippen molar-refractivity contribution in [2.24, 2.45) is 0 Å². The number of likely N-dealkylation sites (N-methyl/N-ethyl adjacent to an activating group) is 1. The number of sulfonamides is 1. The Morgan fingerprint density at radius 3 is 2.52 bits per heavy atom. The standard InChI is InChI=1S/C21H24N4O3S3/c1-24-10-12-25(13-11-24)31(27,28)17-8-6-16(7-9-17)22-20(26)14-29-15-21-23-18-4-2-3-5-19(18)30-21/h2-9H,10-15H2,1H3,(H,22,26). The second kappa shape index (κ2) is 9.66. The lowest BCUT2D eigenvalue weighted by Gasteiger charge is -2.31. The summed E-state index contributed by atoms with van der Waals surface area (Å²) in [4.78, 5) is 19.2. The average Bonchev–Trinajstić information content (AvgIpc) is 3.17. The van der Waals surface area contributed by atoms with Gasteiger partial charge in [-0.2, -0.15) is 4.31 Å². The van der Waals surface area contributed by atoms with Gasteiger partial charge in [0.25, 0.3) is 0 Å². The van der Waals surface area contributed by atoms with Crippen molar-refractivity contribution in [3.63, 3.8) is 0 Å². The number of nitrogens with one attached hydrogen (secondary N) is 1. The Hall–Kier alpha value is -1.98. The third kappa shape index (κ3) is 5.45. The van der Waals surface area contributed by atoms with Crippen molar-refractivity contribution in [3.8, 4) is 0 Å². The number of benzene rings is 2. The van der Waals surface area contributed by atoms with Crippen molar-refractivity contribution in [2.45, 2.75) is 10.6 Å². The molecule has 1 saturated heterocycles. The molecule has 2 aromatic carbocycles. The second-order valence-corrected chi connectivity index (χ2v) is 11.4. The number of carbonyl (C=O) groups excluding carboxylic acids is 1. The Bertz CT molecular complexity index is 1120. The van der Waals surface area contributed by atoms with Crippen LogP contribution in [0.5, 0.6) is 0 Å². The molecule has 1 aliphatic rings. The summed E-state index contributed by atoms with van der Waals surface area (Å²) in [5.41, 5.74) is 1.57. The largest absolute Gasteiger partial charge is 0.325 e. The first-order chi connectivity index (χ1) is 14.9. The number of piperazine rings is 1. The second-order valence-electron chi connectivity index (χ2n) is 7.35. The third-order valence-electron chi connectivity index (χ3n) is 5.03. The number of aromatic nitrogens is 1. The molecule has 0 unspecified atom stereocenters. The van der Waals surface area contributed by atoms with Gasteiger partial charge in [-0.3, -0.25) is 4.79 Å². The van der Waals surface area contributed by atoms with Gasteiger partial charge in [-0.15, -0.1) is 23.1 Å². The van der Waals surface area contributed by atoms with E-state index in [4.69, 9.17) is 0 Å². The minimum atomic E-state index is -3.50. The fraction of sp³-hybridized carbons (Fsp3) is 0.333. The molecule has 1 aliphatic heterocycles. The molecule has 4 rings (SSSR count). The normalized spacial score (nSPS) is 15.9. The van der Waals surface area contributed by atoms with E-state index in [0.717, 1.165) is 28.3 Å². The predicted molar refractivity (Wildman–Crippen MR) is 127 cm³/mol. The van der Waals surface area contributed by atoms with Crippen molar-refractivity contribution in [2.75, 3.05) is 44.3 Å². The zero-order valence-corrected chi connectivity index (χ0v) is 19.6. The Morgan fingerprint density at radius 1 is 1.10 bits per heavy atom. The molecule has 164 valence electrons. The van der Waals surface area contributed by atoms with Gasteiger partial charge in [-0.25, -0.2) is 13.4 Å². The molecule has 31 heavy (non-hydrogen) atoms. The summed E-state index contributed by atoms with van der Waals surface area (Å²) in [7, 11) is -1.52. The van der Waals surface area contributed by atoms with E-state index < -0.39 is 10.0 Å². The third-order valence-corrected chi connectivity index (χ3v) is 9.11. The van der Waals surface area contributed by atoms with Crippen LogP contribution in [0.4, 0.5) is 5.69 Å². The molecular weight excluding hydrogens is 452 g/mol. The van der Waals surface area contributed by atoms with Crippen molar-refractivity contribution in [1.82, 2.24) is 14.2 Å². The van der Waals surface area contributed by atoms with Crippen molar-refractivity contribution < 1.29 is 13.2 Å². The number of carbonyl (C=O) groups is 1. The van der Waals surface area contributed by atoms with Crippen LogP contribution in [0.15, 0.2) is 53.4 Å². The molecule has 0 radical (unpaired) electrons. The molecule has 3 aromatic rings. The Morgan fingerprint density at radius 2 is 1.81 bits per heavy atom. The van der Waals surface area contributed by atoms with Gasteiger partial charge in [0.05, 0.1) is 20.9 Å². The number of para-hydroxylation sites is 1. The topological polar surface area (TPSA) is 82.6 Å². The van der Waals surface area contributed by atoms with Crippen LogP contribution < -0.4 is 5.32 Å². The van der Waals surface area contributed by atoms with Crippen LogP contribution in [-0.2, 0) is 20.6 Å². The fourth-order valence-electron chi connectivity index (χ4n) is 3.30. The molecule has 0 atom stereocenters. The van der Waals surface area contributed by atoms with E-state index in [0.29, 0.717) is 30.3 Å². The van der Waals surface area contributed by atoms with E-state index in [1.54, 1.807) is 35.6 Å². The number of rotatable bonds is 7. The van der Waals surface area contributed by atoms with Crippen LogP contribution in [0.1, 0.15) is 5.01 Å². The first-order valence-corrected chi connectivity index (χ1v) is 13.3. The highest BCUT2D eigenvalue weighted by atomic mass is 32.2. The lowest BCUT2D eigenvalue weighted by Crippen LogP contribution is -2.46. The number of hydrogen-bond donors (Lipinski definition) is 1. The van der Waals surface area contributed by atoms with E-state index in [-0.39, 0.29) is 10.8 Å². The molecule has 1 aromatic heterocycles. The van der Waals surface area contributed by atoms with Gasteiger partial charge in [0, 0.05) is 37.6 Å². The van der Waals surface area contributed by atoms with Crippen LogP contribution in [-0.4, -0.2) is 67.5 Å². The zero-order chi connectivity index (χ0) is 21.8. The van der Waals surface area contributed by atoms with E-state index in [1.807, 2.05) is 31.3 Å². The SMILES string of the molecule is CN1CCN(S(=O)(=O)c2ccc(NC(=O)CSCc3nc4ccccc4s3)cc2)CC1. The number of anilines is 1. The highest BCUT2D eigenvalue weighted by molar-refractivity contribution is 7.99. The lowest BCUT2D eigenvalue weighted by atomic mass is 10.3. The quantitative estimate of drug-likeness (QED) is 0.564. The first-order valence-electron chi connectivity index (χ1n) is 9.92. The molecule has 0 aliphatic carbocycles. The summed E-state index contributed by atoms with van der Waals surface area (Å²) in [5, 5.41) is 3.82. The number of amides is 1. The Labute approximate surface area is 190 Å². The Balaban J connectivity index is 1.28. The van der Waals surface area contributed by atoms with Gasteiger partial charge < -0.3 is 10.2 Å². The molecular formula is C21H24N4O3S3. The maximum atomic E-state index is 12.8. The van der Waals surface area contributed by atoms with Crippen LogP contribution in [0, 0.1) is 0 Å². The van der Waals surface area contributed by atoms with Crippen LogP contribution in [0.3, 0.4) is 0 Å². The smallest absolute Gasteiger partial charge is 0.243 e. The van der Waals surface area contributed by atoms with E-state index in [2.05, 4.69) is 15.2 Å². The van der Waals surface area contributed by atoms with E-state index in [1.165, 1.54) is 16.1 Å². The summed E-state index contributed by atoms with van der Waals surface area (Å²) in [6.45, 7) is 2.43. The molecule has 0 spiro atoms. The average molecular weight is 477 g/mol. The van der Waals surface area contributed by atoms with Crippen LogP contribution in [0.2, 0.25) is 0 Å². The minimum Gasteiger partial charge on any atom is -0.325 e. The van der Waals surface area contributed by atoms with Crippen LogP contribution in [0.25, 0.3) is 10.2 Å². The van der Waals surface area contributed by atoms with Crippen molar-refractivity contribution in [1.29, 1.82) is 0 Å². The van der Waals surface area contributed by atoms with E-state index in [9.17, 15) is 13.2 Å². The molecule has 1 N–H and O–H groups in total. The molecule has 0 saturated carbocycles. The van der Waals surface area contributed by atoms with Gasteiger partial charge in [0.15, 0.2) is 0 Å². The highest BCUT2D eigenvalue weighted by Gasteiger charge is 2.27. The van der Waals surface area contributed by atoms with Gasteiger partial charge >= 0.3 is 0 Å². The summed E-state index contributed by atoms with van der Waals surface area (Å²) >= 11 is 3.15. The fourth-order valence-corrected chi connectivity index (χ4v) is 6.57. The molecule has 7 nitrogen and oxygen atoms in total. The Kier molecular flexibility index (Phi) is 6.92. The van der Waals surface area contributed by atoms with Crippen molar-refractivity contribution in [3.05, 3.63) is 53.5 Å². The summed E-state index contributed by atoms with van der Waals surface area (Å²) in [5.74, 6) is 0.854. The number of thioether (sulfide) groups is 1. The molecule has 10 heteroatoms. The molecule has 0 bridgehead atoms. The van der Waals surface area contributed by atoms with Crippen molar-refractivity contribution >= 4 is 54.9 Å². The highest BCUT2D eigenvalue weighted by Crippen LogP contribution is 2.25. The monoisotopic (exact) mass is 476 g/mol. The maximum Gasteiger partial charge on any atom is 0.243 e. The molecule has 2 heterocycles. The maximum absolute atomic E-state index is 12.8. The number of nitrogens with zero attached hydrogens (tertiary/aromatic N) is 3. The number of thiazole rings is 1. The summed E-state index contributed by atoms with van der Waals surface area (Å²) < 4.78 is 28.2. The zero-order valence-electron chi connectivity index (χ0n) is 17.2. The molecule has 1 amide bonds. The lowest BCUT2D eigenvalue weighted by molar-refractivity contribution is -0.113. The number of fused-ring (bicyclic) bond motifs is 1. The number of hydrogen-bond acceptors (Lipinski definition) is 7.